The lowest BCUT2D eigenvalue weighted by molar-refractivity contribution is 0.0994. The number of pyridine rings is 1. The van der Waals surface area contributed by atoms with Crippen molar-refractivity contribution in [1.82, 2.24) is 20.0 Å². The molecule has 8 nitrogen and oxygen atoms in total. The quantitative estimate of drug-likeness (QED) is 0.663. The number of primary amides is 1. The van der Waals surface area contributed by atoms with Crippen molar-refractivity contribution in [2.75, 3.05) is 6.54 Å². The van der Waals surface area contributed by atoms with Crippen LogP contribution in [-0.4, -0.2) is 37.6 Å². The van der Waals surface area contributed by atoms with Crippen LogP contribution < -0.4 is 5.73 Å². The fourth-order valence-corrected chi connectivity index (χ4v) is 3.58. The van der Waals surface area contributed by atoms with Gasteiger partial charge in [-0.05, 0) is 35.7 Å². The Kier molecular flexibility index (Phi) is 5.21. The van der Waals surface area contributed by atoms with Gasteiger partial charge in [-0.15, -0.1) is 0 Å². The summed E-state index contributed by atoms with van der Waals surface area (Å²) in [5.41, 5.74) is 7.90. The zero-order valence-corrected chi connectivity index (χ0v) is 16.7. The van der Waals surface area contributed by atoms with E-state index in [1.165, 1.54) is 18.2 Å². The molecular weight excluding hydrogens is 389 g/mol. The third-order valence-electron chi connectivity index (χ3n) is 5.12. The van der Waals surface area contributed by atoms with E-state index >= 15 is 0 Å². The van der Waals surface area contributed by atoms with Crippen molar-refractivity contribution in [3.8, 4) is 16.9 Å². The second-order valence-electron chi connectivity index (χ2n) is 7.67. The summed E-state index contributed by atoms with van der Waals surface area (Å²) < 4.78 is 19.9. The Morgan fingerprint density at radius 1 is 1.30 bits per heavy atom. The summed E-state index contributed by atoms with van der Waals surface area (Å²) in [6, 6.07) is 5.46. The normalized spacial score (nSPS) is 14.1. The van der Waals surface area contributed by atoms with E-state index in [9.17, 15) is 14.3 Å². The smallest absolute Gasteiger partial charge is 0.267 e. The van der Waals surface area contributed by atoms with Gasteiger partial charge in [0.1, 0.15) is 17.3 Å². The number of benzene rings is 1. The van der Waals surface area contributed by atoms with Gasteiger partial charge in [-0.25, -0.2) is 9.37 Å². The maximum atomic E-state index is 14.5. The molecule has 9 heteroatoms. The lowest BCUT2D eigenvalue weighted by Crippen LogP contribution is -2.32. The second kappa shape index (κ2) is 7.83. The number of amides is 1. The first-order valence-electron chi connectivity index (χ1n) is 9.68. The van der Waals surface area contributed by atoms with Crippen LogP contribution >= 0.6 is 0 Å². The number of nitrogens with two attached hydrogens (primary N) is 1. The van der Waals surface area contributed by atoms with E-state index in [0.29, 0.717) is 54.6 Å². The van der Waals surface area contributed by atoms with Crippen molar-refractivity contribution in [3.05, 3.63) is 58.7 Å². The van der Waals surface area contributed by atoms with E-state index in [1.54, 1.807) is 0 Å². The molecule has 1 amide bonds. The molecule has 0 bridgehead atoms. The lowest BCUT2D eigenvalue weighted by Gasteiger charge is -2.28. The molecule has 0 spiro atoms. The molecule has 0 aliphatic carbocycles. The molecule has 1 aliphatic rings. The van der Waals surface area contributed by atoms with Gasteiger partial charge >= 0.3 is 0 Å². The number of carbonyl (C=O) groups excluding carboxylic acids is 1. The van der Waals surface area contributed by atoms with Crippen molar-refractivity contribution in [2.45, 2.75) is 39.3 Å². The average molecular weight is 411 g/mol. The van der Waals surface area contributed by atoms with Gasteiger partial charge in [0.15, 0.2) is 5.82 Å². The minimum Gasteiger partial charge on any atom is -0.508 e. The van der Waals surface area contributed by atoms with Crippen LogP contribution in [0.25, 0.3) is 11.1 Å². The monoisotopic (exact) mass is 411 g/mol. The van der Waals surface area contributed by atoms with E-state index in [4.69, 9.17) is 10.3 Å². The summed E-state index contributed by atoms with van der Waals surface area (Å²) in [6.45, 7) is 5.54. The molecule has 4 rings (SSSR count). The average Bonchev–Trinajstić information content (AvgIpc) is 3.16. The Balaban J connectivity index is 1.67. The van der Waals surface area contributed by atoms with Crippen molar-refractivity contribution < 1.29 is 18.8 Å². The van der Waals surface area contributed by atoms with Crippen LogP contribution in [0.2, 0.25) is 0 Å². The Labute approximate surface area is 172 Å². The summed E-state index contributed by atoms with van der Waals surface area (Å²) in [4.78, 5) is 22.7. The molecular formula is C21H22FN5O3. The molecule has 3 heterocycles. The maximum Gasteiger partial charge on any atom is 0.267 e. The van der Waals surface area contributed by atoms with Gasteiger partial charge in [0.25, 0.3) is 5.91 Å². The Hall–Kier alpha value is -3.33. The zero-order chi connectivity index (χ0) is 21.4. The van der Waals surface area contributed by atoms with Crippen molar-refractivity contribution in [2.24, 2.45) is 5.73 Å². The molecule has 156 valence electrons. The van der Waals surface area contributed by atoms with Crippen LogP contribution in [0.1, 0.15) is 53.2 Å². The fourth-order valence-electron chi connectivity index (χ4n) is 3.58. The van der Waals surface area contributed by atoms with Gasteiger partial charge in [0, 0.05) is 30.6 Å². The van der Waals surface area contributed by atoms with Crippen LogP contribution in [0.3, 0.4) is 0 Å². The van der Waals surface area contributed by atoms with E-state index < -0.39 is 11.7 Å². The van der Waals surface area contributed by atoms with Crippen LogP contribution in [0, 0.1) is 5.82 Å². The van der Waals surface area contributed by atoms with Crippen molar-refractivity contribution >= 4 is 5.91 Å². The minimum absolute atomic E-state index is 0.0676. The number of hydrogen-bond donors (Lipinski definition) is 2. The molecule has 2 aromatic heterocycles. The standard InChI is InChI=1S/C21H22FN5O3/c1-11(2)21-25-19(30-26-21)10-27-6-5-14-15(13-4-3-12(28)7-16(13)22)8-17(20(23)29)24-18(14)9-27/h3-4,7-8,11,28H,5-6,9-10H2,1-2H3,(H2,23,29). The summed E-state index contributed by atoms with van der Waals surface area (Å²) >= 11 is 0. The molecule has 30 heavy (non-hydrogen) atoms. The summed E-state index contributed by atoms with van der Waals surface area (Å²) in [6.07, 6.45) is 0.599. The number of aromatic nitrogens is 3. The number of phenolic OH excluding ortho intramolecular Hbond substituents is 1. The molecule has 0 radical (unpaired) electrons. The molecule has 0 saturated carbocycles. The predicted octanol–water partition coefficient (Wildman–Crippen LogP) is 2.76. The first-order chi connectivity index (χ1) is 14.3. The Bertz CT molecular complexity index is 1110. The highest BCUT2D eigenvalue weighted by Crippen LogP contribution is 2.33. The number of carbonyl (C=O) groups is 1. The molecule has 0 atom stereocenters. The third-order valence-corrected chi connectivity index (χ3v) is 5.12. The minimum atomic E-state index is -0.686. The van der Waals surface area contributed by atoms with Gasteiger partial charge < -0.3 is 15.4 Å². The highest BCUT2D eigenvalue weighted by Gasteiger charge is 2.25. The highest BCUT2D eigenvalue weighted by atomic mass is 19.1. The number of aromatic hydroxyl groups is 1. The van der Waals surface area contributed by atoms with Crippen molar-refractivity contribution in [1.29, 1.82) is 0 Å². The first kappa shape index (κ1) is 20.0. The van der Waals surface area contributed by atoms with Crippen LogP contribution in [-0.2, 0) is 19.5 Å². The number of halogens is 1. The third kappa shape index (κ3) is 3.88. The number of hydrogen-bond acceptors (Lipinski definition) is 7. The number of fused-ring (bicyclic) bond motifs is 1. The van der Waals surface area contributed by atoms with Gasteiger partial charge in [-0.3, -0.25) is 9.69 Å². The van der Waals surface area contributed by atoms with Crippen LogP contribution in [0.4, 0.5) is 4.39 Å². The largest absolute Gasteiger partial charge is 0.508 e. The summed E-state index contributed by atoms with van der Waals surface area (Å²) in [7, 11) is 0. The van der Waals surface area contributed by atoms with Gasteiger partial charge in [-0.1, -0.05) is 19.0 Å². The molecule has 0 fully saturated rings. The van der Waals surface area contributed by atoms with Crippen LogP contribution in [0.5, 0.6) is 5.75 Å². The summed E-state index contributed by atoms with van der Waals surface area (Å²) in [5.74, 6) is -0.0882. The van der Waals surface area contributed by atoms with E-state index in [1.807, 2.05) is 13.8 Å². The van der Waals surface area contributed by atoms with Crippen LogP contribution in [0.15, 0.2) is 28.8 Å². The number of nitrogens with zero attached hydrogens (tertiary/aromatic N) is 4. The maximum absolute atomic E-state index is 14.5. The zero-order valence-electron chi connectivity index (χ0n) is 16.7. The number of rotatable bonds is 5. The fraction of sp³-hybridized carbons (Fsp3) is 0.333. The molecule has 3 N–H and O–H groups in total. The van der Waals surface area contributed by atoms with Crippen molar-refractivity contribution in [3.63, 3.8) is 0 Å². The topological polar surface area (TPSA) is 118 Å². The molecule has 0 saturated heterocycles. The summed E-state index contributed by atoms with van der Waals surface area (Å²) in [5, 5.41) is 13.5. The van der Waals surface area contributed by atoms with Gasteiger partial charge in [0.2, 0.25) is 5.89 Å². The second-order valence-corrected chi connectivity index (χ2v) is 7.67. The van der Waals surface area contributed by atoms with E-state index in [-0.39, 0.29) is 17.4 Å². The van der Waals surface area contributed by atoms with Gasteiger partial charge in [-0.2, -0.15) is 4.98 Å². The first-order valence-corrected chi connectivity index (χ1v) is 9.68. The number of phenols is 1. The predicted molar refractivity (Wildman–Crippen MR) is 106 cm³/mol. The Morgan fingerprint density at radius 3 is 2.77 bits per heavy atom. The lowest BCUT2D eigenvalue weighted by atomic mass is 9.92. The molecule has 0 unspecified atom stereocenters. The molecule has 1 aromatic carbocycles. The SMILES string of the molecule is CC(C)c1noc(CN2CCc3c(-c4ccc(O)cc4F)cc(C(N)=O)nc3C2)n1. The van der Waals surface area contributed by atoms with Gasteiger partial charge in [0.05, 0.1) is 12.2 Å². The van der Waals surface area contributed by atoms with E-state index in [2.05, 4.69) is 20.0 Å². The highest BCUT2D eigenvalue weighted by molar-refractivity contribution is 5.92. The molecule has 1 aliphatic heterocycles. The Morgan fingerprint density at radius 2 is 2.10 bits per heavy atom. The molecule has 3 aromatic rings. The van der Waals surface area contributed by atoms with E-state index in [0.717, 1.165) is 11.6 Å².